The molecule has 2 aromatic carbocycles. The molecule has 6 nitrogen and oxygen atoms in total. The Bertz CT molecular complexity index is 940. The molecular formula is C20H19N3O3. The van der Waals surface area contributed by atoms with E-state index >= 15 is 0 Å². The molecule has 3 aromatic rings. The lowest BCUT2D eigenvalue weighted by molar-refractivity contribution is -0.112. The molecule has 132 valence electrons. The maximum Gasteiger partial charge on any atom is 0.272 e. The van der Waals surface area contributed by atoms with Crippen LogP contribution in [0.4, 0.5) is 5.69 Å². The van der Waals surface area contributed by atoms with Gasteiger partial charge in [-0.2, -0.15) is 0 Å². The summed E-state index contributed by atoms with van der Waals surface area (Å²) in [6, 6.07) is 19.2. The fraction of sp³-hybridized carbons (Fsp3) is 0.150. The van der Waals surface area contributed by atoms with Crippen LogP contribution in [0, 0.1) is 0 Å². The summed E-state index contributed by atoms with van der Waals surface area (Å²) in [5, 5.41) is 4.57. The predicted molar refractivity (Wildman–Crippen MR) is 101 cm³/mol. The highest BCUT2D eigenvalue weighted by atomic mass is 16.6. The van der Waals surface area contributed by atoms with Crippen molar-refractivity contribution in [1.29, 1.82) is 0 Å². The first-order valence-electron chi connectivity index (χ1n) is 8.10. The van der Waals surface area contributed by atoms with Crippen molar-refractivity contribution in [1.82, 2.24) is 4.98 Å². The number of amides is 1. The number of rotatable bonds is 6. The number of hydrogen-bond donors (Lipinski definition) is 0. The standard InChI is InChI=1S/C20H19N3O3/c1-23(20(24)13-21-25-2)18-10-6-4-8-16(18)14-26-19-12-11-15-7-3-5-9-17(15)22-19/h3-13H,14H2,1-2H3. The van der Waals surface area contributed by atoms with Gasteiger partial charge in [0.05, 0.1) is 11.2 Å². The van der Waals surface area contributed by atoms with Crippen molar-refractivity contribution in [2.45, 2.75) is 6.61 Å². The smallest absolute Gasteiger partial charge is 0.272 e. The van der Waals surface area contributed by atoms with Crippen LogP contribution in [-0.4, -0.2) is 31.3 Å². The molecule has 0 atom stereocenters. The second kappa shape index (κ2) is 8.11. The zero-order valence-electron chi connectivity index (χ0n) is 14.6. The number of fused-ring (bicyclic) bond motifs is 1. The number of carbonyl (C=O) groups is 1. The van der Waals surface area contributed by atoms with Gasteiger partial charge >= 0.3 is 0 Å². The van der Waals surface area contributed by atoms with Gasteiger partial charge in [-0.3, -0.25) is 4.79 Å². The molecule has 0 unspecified atom stereocenters. The summed E-state index contributed by atoms with van der Waals surface area (Å²) in [5.74, 6) is 0.247. The number of anilines is 1. The van der Waals surface area contributed by atoms with Crippen LogP contribution in [0.25, 0.3) is 10.9 Å². The number of ether oxygens (including phenoxy) is 1. The zero-order chi connectivity index (χ0) is 18.4. The van der Waals surface area contributed by atoms with Gasteiger partial charge in [0.15, 0.2) is 0 Å². The van der Waals surface area contributed by atoms with E-state index in [-0.39, 0.29) is 5.91 Å². The number of aromatic nitrogens is 1. The Morgan fingerprint density at radius 2 is 1.88 bits per heavy atom. The summed E-state index contributed by atoms with van der Waals surface area (Å²) in [6.07, 6.45) is 1.13. The van der Waals surface area contributed by atoms with Crippen LogP contribution >= 0.6 is 0 Å². The van der Waals surface area contributed by atoms with Crippen molar-refractivity contribution in [2.24, 2.45) is 5.16 Å². The Balaban J connectivity index is 1.77. The lowest BCUT2D eigenvalue weighted by Crippen LogP contribution is -2.28. The van der Waals surface area contributed by atoms with Crippen molar-refractivity contribution >= 4 is 28.7 Å². The molecule has 3 rings (SSSR count). The maximum absolute atomic E-state index is 12.1. The van der Waals surface area contributed by atoms with Gasteiger partial charge in [-0.05, 0) is 18.2 Å². The minimum absolute atomic E-state index is 0.289. The zero-order valence-corrected chi connectivity index (χ0v) is 14.6. The average molecular weight is 349 g/mol. The van der Waals surface area contributed by atoms with E-state index in [1.165, 1.54) is 12.0 Å². The molecule has 26 heavy (non-hydrogen) atoms. The first-order valence-corrected chi connectivity index (χ1v) is 8.10. The number of para-hydroxylation sites is 2. The highest BCUT2D eigenvalue weighted by Gasteiger charge is 2.13. The summed E-state index contributed by atoms with van der Waals surface area (Å²) in [4.78, 5) is 22.7. The second-order valence-electron chi connectivity index (χ2n) is 5.57. The second-order valence-corrected chi connectivity index (χ2v) is 5.57. The first-order chi connectivity index (χ1) is 12.7. The van der Waals surface area contributed by atoms with E-state index in [1.807, 2.05) is 60.7 Å². The van der Waals surface area contributed by atoms with Crippen LogP contribution in [0.2, 0.25) is 0 Å². The summed E-state index contributed by atoms with van der Waals surface area (Å²) in [6.45, 7) is 0.292. The molecule has 0 aliphatic carbocycles. The molecule has 0 aliphatic heterocycles. The Morgan fingerprint density at radius 3 is 2.73 bits per heavy atom. The molecule has 6 heteroatoms. The topological polar surface area (TPSA) is 64.0 Å². The van der Waals surface area contributed by atoms with E-state index in [0.29, 0.717) is 12.5 Å². The van der Waals surface area contributed by atoms with Gasteiger partial charge in [0.2, 0.25) is 5.88 Å². The maximum atomic E-state index is 12.1. The molecule has 1 amide bonds. The van der Waals surface area contributed by atoms with E-state index in [1.54, 1.807) is 7.05 Å². The SMILES string of the molecule is CON=CC(=O)N(C)c1ccccc1COc1ccc2ccccc2n1. The van der Waals surface area contributed by atoms with Crippen molar-refractivity contribution in [2.75, 3.05) is 19.1 Å². The highest BCUT2D eigenvalue weighted by molar-refractivity contribution is 6.32. The van der Waals surface area contributed by atoms with Gasteiger partial charge in [0, 0.05) is 24.1 Å². The summed E-state index contributed by atoms with van der Waals surface area (Å²) in [7, 11) is 3.07. The van der Waals surface area contributed by atoms with Gasteiger partial charge in [0.1, 0.15) is 19.9 Å². The quantitative estimate of drug-likeness (QED) is 0.505. The van der Waals surface area contributed by atoms with E-state index < -0.39 is 0 Å². The van der Waals surface area contributed by atoms with E-state index in [0.717, 1.165) is 28.4 Å². The summed E-state index contributed by atoms with van der Waals surface area (Å²) in [5.41, 5.74) is 2.48. The number of hydrogen-bond acceptors (Lipinski definition) is 5. The normalized spacial score (nSPS) is 10.8. The molecule has 0 N–H and O–H groups in total. The Hall–Kier alpha value is -3.41. The first kappa shape index (κ1) is 17.4. The van der Waals surface area contributed by atoms with Gasteiger partial charge in [-0.25, -0.2) is 4.98 Å². The molecule has 0 radical (unpaired) electrons. The van der Waals surface area contributed by atoms with Crippen molar-refractivity contribution < 1.29 is 14.4 Å². The number of oxime groups is 1. The predicted octanol–water partition coefficient (Wildman–Crippen LogP) is 3.41. The van der Waals surface area contributed by atoms with Crippen LogP contribution < -0.4 is 9.64 Å². The minimum Gasteiger partial charge on any atom is -0.473 e. The third-order valence-electron chi connectivity index (χ3n) is 3.90. The Labute approximate surface area is 151 Å². The number of nitrogens with zero attached hydrogens (tertiary/aromatic N) is 3. The van der Waals surface area contributed by atoms with Crippen molar-refractivity contribution in [3.05, 3.63) is 66.2 Å². The monoisotopic (exact) mass is 349 g/mol. The number of benzene rings is 2. The molecule has 1 heterocycles. The molecule has 0 spiro atoms. The van der Waals surface area contributed by atoms with E-state index in [2.05, 4.69) is 15.0 Å². The lowest BCUT2D eigenvalue weighted by atomic mass is 10.1. The molecule has 0 fully saturated rings. The van der Waals surface area contributed by atoms with Crippen LogP contribution in [-0.2, 0) is 16.2 Å². The van der Waals surface area contributed by atoms with Crippen LogP contribution in [0.3, 0.4) is 0 Å². The van der Waals surface area contributed by atoms with Crippen LogP contribution in [0.5, 0.6) is 5.88 Å². The molecule has 0 aliphatic rings. The van der Waals surface area contributed by atoms with Gasteiger partial charge in [-0.1, -0.05) is 41.6 Å². The number of pyridine rings is 1. The third-order valence-corrected chi connectivity index (χ3v) is 3.90. The number of carbonyl (C=O) groups excluding carboxylic acids is 1. The third kappa shape index (κ3) is 3.97. The van der Waals surface area contributed by atoms with Gasteiger partial charge in [-0.15, -0.1) is 0 Å². The van der Waals surface area contributed by atoms with Crippen molar-refractivity contribution in [3.63, 3.8) is 0 Å². The Kier molecular flexibility index (Phi) is 5.43. The fourth-order valence-electron chi connectivity index (χ4n) is 2.54. The molecule has 0 bridgehead atoms. The molecule has 1 aromatic heterocycles. The minimum atomic E-state index is -0.289. The summed E-state index contributed by atoms with van der Waals surface area (Å²) < 4.78 is 5.84. The van der Waals surface area contributed by atoms with Crippen LogP contribution in [0.1, 0.15) is 5.56 Å². The lowest BCUT2D eigenvalue weighted by Gasteiger charge is -2.19. The average Bonchev–Trinajstić information content (AvgIpc) is 2.70. The molecular weight excluding hydrogens is 330 g/mol. The van der Waals surface area contributed by atoms with Gasteiger partial charge in [0.25, 0.3) is 5.91 Å². The fourth-order valence-corrected chi connectivity index (χ4v) is 2.54. The van der Waals surface area contributed by atoms with E-state index in [9.17, 15) is 4.79 Å². The molecule has 0 saturated carbocycles. The van der Waals surface area contributed by atoms with Gasteiger partial charge < -0.3 is 14.5 Å². The Morgan fingerprint density at radius 1 is 1.12 bits per heavy atom. The van der Waals surface area contributed by atoms with E-state index in [4.69, 9.17) is 4.74 Å². The largest absolute Gasteiger partial charge is 0.473 e. The van der Waals surface area contributed by atoms with Crippen LogP contribution in [0.15, 0.2) is 65.8 Å². The highest BCUT2D eigenvalue weighted by Crippen LogP contribution is 2.22. The van der Waals surface area contributed by atoms with Crippen molar-refractivity contribution in [3.8, 4) is 5.88 Å². The molecule has 0 saturated heterocycles. The summed E-state index contributed by atoms with van der Waals surface area (Å²) >= 11 is 0.